The minimum absolute atomic E-state index is 0.196. The van der Waals surface area contributed by atoms with Gasteiger partial charge in [0.1, 0.15) is 10.0 Å². The molecular weight excluding hydrogens is 375 g/mol. The summed E-state index contributed by atoms with van der Waals surface area (Å²) in [7, 11) is -3.51. The molecule has 3 rings (SSSR count). The van der Waals surface area contributed by atoms with Crippen LogP contribution in [0.5, 0.6) is 0 Å². The normalized spacial score (nSPS) is 17.0. The number of nitrogens with one attached hydrogen (secondary N) is 1. The number of alkyl halides is 3. The number of aromatic nitrogens is 1. The Kier molecular flexibility index (Phi) is 5.03. The summed E-state index contributed by atoms with van der Waals surface area (Å²) < 4.78 is 65.1. The Morgan fingerprint density at radius 1 is 1.20 bits per heavy atom. The first-order valence-electron chi connectivity index (χ1n) is 7.60. The van der Waals surface area contributed by atoms with E-state index < -0.39 is 21.8 Å². The molecule has 0 aromatic carbocycles. The largest absolute Gasteiger partial charge is 0.417 e. The third kappa shape index (κ3) is 4.31. The molecule has 136 valence electrons. The molecule has 25 heavy (non-hydrogen) atoms. The monoisotopic (exact) mass is 391 g/mol. The second-order valence-corrected chi connectivity index (χ2v) is 8.61. The molecule has 0 spiro atoms. The van der Waals surface area contributed by atoms with E-state index in [2.05, 4.69) is 9.71 Å². The van der Waals surface area contributed by atoms with Crippen LogP contribution in [0, 0.1) is 0 Å². The molecule has 1 fully saturated rings. The number of anilines is 1. The Morgan fingerprint density at radius 3 is 2.44 bits per heavy atom. The van der Waals surface area contributed by atoms with Crippen LogP contribution in [-0.4, -0.2) is 32.5 Å². The minimum atomic E-state index is -4.40. The van der Waals surface area contributed by atoms with E-state index in [-0.39, 0.29) is 10.3 Å². The van der Waals surface area contributed by atoms with Gasteiger partial charge in [0, 0.05) is 25.3 Å². The number of piperidine rings is 1. The van der Waals surface area contributed by atoms with Crippen molar-refractivity contribution in [3.8, 4) is 0 Å². The van der Waals surface area contributed by atoms with Gasteiger partial charge in [0.05, 0.1) is 5.56 Å². The second kappa shape index (κ2) is 6.93. The van der Waals surface area contributed by atoms with Crippen LogP contribution >= 0.6 is 11.3 Å². The maximum atomic E-state index is 12.6. The van der Waals surface area contributed by atoms with Crippen LogP contribution in [0.25, 0.3) is 0 Å². The van der Waals surface area contributed by atoms with Crippen LogP contribution in [0.3, 0.4) is 0 Å². The molecule has 2 aromatic heterocycles. The summed E-state index contributed by atoms with van der Waals surface area (Å²) in [4.78, 5) is 5.74. The lowest BCUT2D eigenvalue weighted by molar-refractivity contribution is -0.137. The highest BCUT2D eigenvalue weighted by atomic mass is 32.2. The lowest BCUT2D eigenvalue weighted by Crippen LogP contribution is -2.44. The molecule has 0 atom stereocenters. The Morgan fingerprint density at radius 2 is 1.92 bits per heavy atom. The summed E-state index contributed by atoms with van der Waals surface area (Å²) in [6, 6.07) is 5.39. The van der Waals surface area contributed by atoms with Gasteiger partial charge in [0.2, 0.25) is 10.0 Å². The van der Waals surface area contributed by atoms with E-state index in [9.17, 15) is 21.6 Å². The van der Waals surface area contributed by atoms with Gasteiger partial charge in [-0.15, -0.1) is 11.3 Å². The zero-order valence-corrected chi connectivity index (χ0v) is 14.7. The Labute approximate surface area is 147 Å². The molecule has 0 aliphatic carbocycles. The van der Waals surface area contributed by atoms with Gasteiger partial charge in [0.25, 0.3) is 0 Å². The number of rotatable bonds is 4. The SMILES string of the molecule is O=S(=O)(NC1CCN(c2ccc(C(F)(F)F)cn2)CC1)c1cccs1. The van der Waals surface area contributed by atoms with Crippen molar-refractivity contribution in [3.63, 3.8) is 0 Å². The zero-order valence-electron chi connectivity index (χ0n) is 13.0. The lowest BCUT2D eigenvalue weighted by Gasteiger charge is -2.33. The van der Waals surface area contributed by atoms with Crippen molar-refractivity contribution >= 4 is 27.2 Å². The highest BCUT2D eigenvalue weighted by molar-refractivity contribution is 7.91. The average molecular weight is 391 g/mol. The first-order chi connectivity index (χ1) is 11.8. The summed E-state index contributed by atoms with van der Waals surface area (Å²) in [6.07, 6.45) is -2.46. The van der Waals surface area contributed by atoms with E-state index in [0.717, 1.165) is 23.6 Å². The standard InChI is InChI=1S/C15H16F3N3O2S2/c16-15(17,18)11-3-4-13(19-10-11)21-7-5-12(6-8-21)20-25(22,23)14-2-1-9-24-14/h1-4,9-10,12,20H,5-8H2. The third-order valence-corrected chi connectivity index (χ3v) is 6.89. The van der Waals surface area contributed by atoms with E-state index >= 15 is 0 Å². The molecule has 10 heteroatoms. The summed E-state index contributed by atoms with van der Waals surface area (Å²) in [6.45, 7) is 1.05. The number of hydrogen-bond acceptors (Lipinski definition) is 5. The molecule has 0 bridgehead atoms. The van der Waals surface area contributed by atoms with E-state index in [4.69, 9.17) is 0 Å². The van der Waals surface area contributed by atoms with Gasteiger partial charge >= 0.3 is 6.18 Å². The quantitative estimate of drug-likeness (QED) is 0.870. The first kappa shape index (κ1) is 18.2. The van der Waals surface area contributed by atoms with Crippen LogP contribution in [0.15, 0.2) is 40.1 Å². The maximum Gasteiger partial charge on any atom is 0.417 e. The van der Waals surface area contributed by atoms with Crippen molar-refractivity contribution in [2.45, 2.75) is 29.3 Å². The number of sulfonamides is 1. The van der Waals surface area contributed by atoms with E-state index in [1.165, 1.54) is 6.07 Å². The number of nitrogens with zero attached hydrogens (tertiary/aromatic N) is 2. The lowest BCUT2D eigenvalue weighted by atomic mass is 10.1. The fourth-order valence-corrected chi connectivity index (χ4v) is 4.98. The van der Waals surface area contributed by atoms with Gasteiger partial charge in [-0.1, -0.05) is 6.07 Å². The molecular formula is C15H16F3N3O2S2. The van der Waals surface area contributed by atoms with Crippen molar-refractivity contribution in [2.75, 3.05) is 18.0 Å². The predicted molar refractivity (Wildman–Crippen MR) is 89.1 cm³/mol. The Hall–Kier alpha value is -1.65. The summed E-state index contributed by atoms with van der Waals surface area (Å²) >= 11 is 1.16. The second-order valence-electron chi connectivity index (χ2n) is 5.72. The number of halogens is 3. The fourth-order valence-electron chi connectivity index (χ4n) is 2.66. The van der Waals surface area contributed by atoms with Gasteiger partial charge in [0.15, 0.2) is 0 Å². The van der Waals surface area contributed by atoms with E-state index in [1.54, 1.807) is 17.5 Å². The Bertz CT molecular complexity index is 798. The molecule has 5 nitrogen and oxygen atoms in total. The van der Waals surface area contributed by atoms with Crippen LogP contribution in [0.4, 0.5) is 19.0 Å². The van der Waals surface area contributed by atoms with Gasteiger partial charge in [-0.3, -0.25) is 0 Å². The Balaban J connectivity index is 1.59. The highest BCUT2D eigenvalue weighted by Gasteiger charge is 2.31. The summed E-state index contributed by atoms with van der Waals surface area (Å²) in [5.41, 5.74) is -0.783. The molecule has 2 aromatic rings. The third-order valence-electron chi connectivity index (χ3n) is 3.98. The molecule has 1 aliphatic heterocycles. The topological polar surface area (TPSA) is 62.3 Å². The van der Waals surface area contributed by atoms with Gasteiger partial charge in [-0.05, 0) is 36.4 Å². The van der Waals surface area contributed by atoms with Crippen molar-refractivity contribution in [3.05, 3.63) is 41.4 Å². The summed E-state index contributed by atoms with van der Waals surface area (Å²) in [5, 5.41) is 1.70. The molecule has 3 heterocycles. The number of hydrogen-bond donors (Lipinski definition) is 1. The molecule has 0 saturated carbocycles. The van der Waals surface area contributed by atoms with Crippen molar-refractivity contribution in [1.82, 2.24) is 9.71 Å². The van der Waals surface area contributed by atoms with Gasteiger partial charge in [-0.25, -0.2) is 18.1 Å². The number of thiophene rings is 1. The molecule has 1 saturated heterocycles. The van der Waals surface area contributed by atoms with Crippen molar-refractivity contribution < 1.29 is 21.6 Å². The zero-order chi connectivity index (χ0) is 18.1. The van der Waals surface area contributed by atoms with Crippen molar-refractivity contribution in [1.29, 1.82) is 0 Å². The fraction of sp³-hybridized carbons (Fsp3) is 0.400. The number of pyridine rings is 1. The molecule has 1 N–H and O–H groups in total. The average Bonchev–Trinajstić information content (AvgIpc) is 3.10. The first-order valence-corrected chi connectivity index (χ1v) is 9.96. The van der Waals surface area contributed by atoms with E-state index in [0.29, 0.717) is 31.7 Å². The van der Waals surface area contributed by atoms with Gasteiger partial charge < -0.3 is 4.90 Å². The van der Waals surface area contributed by atoms with Crippen LogP contribution in [0.1, 0.15) is 18.4 Å². The molecule has 1 aliphatic rings. The maximum absolute atomic E-state index is 12.6. The smallest absolute Gasteiger partial charge is 0.357 e. The van der Waals surface area contributed by atoms with E-state index in [1.807, 2.05) is 4.90 Å². The van der Waals surface area contributed by atoms with Crippen LogP contribution in [-0.2, 0) is 16.2 Å². The molecule has 0 amide bonds. The molecule has 0 radical (unpaired) electrons. The van der Waals surface area contributed by atoms with Gasteiger partial charge in [-0.2, -0.15) is 13.2 Å². The van der Waals surface area contributed by atoms with Crippen LogP contribution < -0.4 is 9.62 Å². The predicted octanol–water partition coefficient (Wildman–Crippen LogP) is 3.11. The minimum Gasteiger partial charge on any atom is -0.357 e. The molecule has 0 unspecified atom stereocenters. The van der Waals surface area contributed by atoms with Crippen molar-refractivity contribution in [2.24, 2.45) is 0 Å². The van der Waals surface area contributed by atoms with Crippen LogP contribution in [0.2, 0.25) is 0 Å². The highest BCUT2D eigenvalue weighted by Crippen LogP contribution is 2.30. The summed E-state index contributed by atoms with van der Waals surface area (Å²) in [5.74, 6) is 0.465.